The number of rotatable bonds is 4. The van der Waals surface area contributed by atoms with Crippen molar-refractivity contribution >= 4 is 0 Å². The topological polar surface area (TPSA) is 58.3 Å². The molecule has 0 aromatic carbocycles. The first-order chi connectivity index (χ1) is 6.89. The second-order valence-corrected chi connectivity index (χ2v) is 3.12. The molecule has 0 amide bonds. The van der Waals surface area contributed by atoms with Gasteiger partial charge in [-0.2, -0.15) is 13.2 Å². The molecule has 0 aliphatic rings. The Morgan fingerprint density at radius 1 is 1.60 bits per heavy atom. The van der Waals surface area contributed by atoms with Crippen molar-refractivity contribution in [3.05, 3.63) is 17.5 Å². The van der Waals surface area contributed by atoms with Crippen molar-refractivity contribution < 1.29 is 22.8 Å². The van der Waals surface area contributed by atoms with E-state index < -0.39 is 18.8 Å². The maximum absolute atomic E-state index is 11.9. The lowest BCUT2D eigenvalue weighted by Crippen LogP contribution is -2.38. The van der Waals surface area contributed by atoms with Crippen molar-refractivity contribution in [2.45, 2.75) is 25.7 Å². The highest BCUT2D eigenvalue weighted by molar-refractivity contribution is 5.02. The molecular weight excluding hydrogens is 213 g/mol. The van der Waals surface area contributed by atoms with Gasteiger partial charge in [-0.1, -0.05) is 5.16 Å². The van der Waals surface area contributed by atoms with Crippen LogP contribution in [0.4, 0.5) is 13.2 Å². The normalized spacial score (nSPS) is 14.2. The van der Waals surface area contributed by atoms with Gasteiger partial charge >= 0.3 is 6.18 Å². The zero-order valence-corrected chi connectivity index (χ0v) is 8.01. The van der Waals surface area contributed by atoms with Crippen LogP contribution in [0.2, 0.25) is 0 Å². The van der Waals surface area contributed by atoms with Crippen molar-refractivity contribution in [1.82, 2.24) is 10.5 Å². The van der Waals surface area contributed by atoms with Crippen LogP contribution in [0.1, 0.15) is 11.5 Å². The lowest BCUT2D eigenvalue weighted by atomic mass is 10.3. The average molecular weight is 224 g/mol. The van der Waals surface area contributed by atoms with E-state index in [1.165, 1.54) is 0 Å². The predicted octanol–water partition coefficient (Wildman–Crippen LogP) is 0.996. The summed E-state index contributed by atoms with van der Waals surface area (Å²) in [7, 11) is 0. The van der Waals surface area contributed by atoms with E-state index in [4.69, 9.17) is 9.63 Å². The number of aliphatic hydroxyl groups excluding tert-OH is 1. The lowest BCUT2D eigenvalue weighted by molar-refractivity contribution is -0.201. The van der Waals surface area contributed by atoms with E-state index in [0.717, 1.165) is 0 Å². The fourth-order valence-electron chi connectivity index (χ4n) is 0.947. The van der Waals surface area contributed by atoms with Gasteiger partial charge in [0.15, 0.2) is 11.9 Å². The van der Waals surface area contributed by atoms with Gasteiger partial charge in [-0.3, -0.25) is 0 Å². The van der Waals surface area contributed by atoms with E-state index in [1.54, 1.807) is 13.0 Å². The minimum Gasteiger partial charge on any atom is -0.382 e. The number of halogens is 3. The second kappa shape index (κ2) is 4.63. The summed E-state index contributed by atoms with van der Waals surface area (Å²) in [6, 6.07) is 1.60. The Kier molecular flexibility index (Phi) is 3.70. The van der Waals surface area contributed by atoms with Crippen LogP contribution < -0.4 is 5.32 Å². The highest BCUT2D eigenvalue weighted by atomic mass is 19.4. The average Bonchev–Trinajstić information content (AvgIpc) is 2.49. The molecular formula is C8H11F3N2O2. The number of nitrogens with zero attached hydrogens (tertiary/aromatic N) is 1. The highest BCUT2D eigenvalue weighted by Crippen LogP contribution is 2.19. The maximum atomic E-state index is 11.9. The van der Waals surface area contributed by atoms with Gasteiger partial charge in [0, 0.05) is 12.6 Å². The zero-order chi connectivity index (χ0) is 11.5. The number of hydrogen-bond acceptors (Lipinski definition) is 4. The van der Waals surface area contributed by atoms with Gasteiger partial charge in [-0.25, -0.2) is 0 Å². The van der Waals surface area contributed by atoms with Crippen LogP contribution in [0.5, 0.6) is 0 Å². The van der Waals surface area contributed by atoms with Gasteiger partial charge < -0.3 is 14.9 Å². The Bertz CT molecular complexity index is 311. The van der Waals surface area contributed by atoms with E-state index in [9.17, 15) is 13.2 Å². The van der Waals surface area contributed by atoms with Crippen molar-refractivity contribution in [1.29, 1.82) is 0 Å². The Labute approximate surface area is 84.1 Å². The first kappa shape index (κ1) is 12.0. The van der Waals surface area contributed by atoms with Gasteiger partial charge in [-0.15, -0.1) is 0 Å². The van der Waals surface area contributed by atoms with E-state index in [1.807, 2.05) is 0 Å². The molecule has 0 spiro atoms. The van der Waals surface area contributed by atoms with Crippen LogP contribution in [-0.4, -0.2) is 29.1 Å². The van der Waals surface area contributed by atoms with Gasteiger partial charge in [0.05, 0.1) is 12.2 Å². The molecule has 0 bridgehead atoms. The van der Waals surface area contributed by atoms with E-state index in [-0.39, 0.29) is 6.54 Å². The molecule has 7 heteroatoms. The summed E-state index contributed by atoms with van der Waals surface area (Å²) < 4.78 is 40.3. The summed E-state index contributed by atoms with van der Waals surface area (Å²) in [5.74, 6) is 0.432. The molecule has 1 aromatic rings. The standard InChI is InChI=1S/C8H11F3N2O2/c1-5-2-6(15-13-5)3-12-4-7(14)8(9,10)11/h2,7,12,14H,3-4H2,1H3. The van der Waals surface area contributed by atoms with Crippen LogP contribution in [0.25, 0.3) is 0 Å². The monoisotopic (exact) mass is 224 g/mol. The Balaban J connectivity index is 2.28. The summed E-state index contributed by atoms with van der Waals surface area (Å²) in [6.07, 6.45) is -6.95. The maximum Gasteiger partial charge on any atom is 0.415 e. The minimum absolute atomic E-state index is 0.105. The minimum atomic E-state index is -4.59. The summed E-state index contributed by atoms with van der Waals surface area (Å²) in [5.41, 5.74) is 0.656. The van der Waals surface area contributed by atoms with Crippen molar-refractivity contribution in [2.24, 2.45) is 0 Å². The summed E-state index contributed by atoms with van der Waals surface area (Å²) >= 11 is 0. The predicted molar refractivity (Wildman–Crippen MR) is 45.0 cm³/mol. The highest BCUT2D eigenvalue weighted by Gasteiger charge is 2.37. The Morgan fingerprint density at radius 2 is 2.27 bits per heavy atom. The molecule has 1 aromatic heterocycles. The molecule has 2 N–H and O–H groups in total. The third-order valence-electron chi connectivity index (χ3n) is 1.69. The third-order valence-corrected chi connectivity index (χ3v) is 1.69. The van der Waals surface area contributed by atoms with Gasteiger partial charge in [0.1, 0.15) is 0 Å². The molecule has 1 atom stereocenters. The fourth-order valence-corrected chi connectivity index (χ4v) is 0.947. The van der Waals surface area contributed by atoms with Crippen LogP contribution in [0.3, 0.4) is 0 Å². The first-order valence-corrected chi connectivity index (χ1v) is 4.27. The molecule has 1 heterocycles. The van der Waals surface area contributed by atoms with Crippen molar-refractivity contribution in [2.75, 3.05) is 6.54 Å². The van der Waals surface area contributed by atoms with Crippen LogP contribution in [-0.2, 0) is 6.54 Å². The summed E-state index contributed by atoms with van der Waals surface area (Å²) in [5, 5.41) is 14.6. The molecule has 0 saturated carbocycles. The van der Waals surface area contributed by atoms with Crippen LogP contribution in [0, 0.1) is 6.92 Å². The molecule has 0 aliphatic heterocycles. The number of alkyl halides is 3. The number of aromatic nitrogens is 1. The zero-order valence-electron chi connectivity index (χ0n) is 8.01. The van der Waals surface area contributed by atoms with Gasteiger partial charge in [-0.05, 0) is 6.92 Å². The Morgan fingerprint density at radius 3 is 2.73 bits per heavy atom. The van der Waals surface area contributed by atoms with Crippen molar-refractivity contribution in [3.63, 3.8) is 0 Å². The molecule has 0 saturated heterocycles. The third kappa shape index (κ3) is 3.88. The summed E-state index contributed by atoms with van der Waals surface area (Å²) in [4.78, 5) is 0. The number of aliphatic hydroxyl groups is 1. The largest absolute Gasteiger partial charge is 0.415 e. The Hall–Kier alpha value is -1.08. The number of aryl methyl sites for hydroxylation is 1. The summed E-state index contributed by atoms with van der Waals surface area (Å²) in [6.45, 7) is 1.24. The molecule has 4 nitrogen and oxygen atoms in total. The van der Waals surface area contributed by atoms with E-state index >= 15 is 0 Å². The molecule has 86 valence electrons. The molecule has 0 radical (unpaired) electrons. The lowest BCUT2D eigenvalue weighted by Gasteiger charge is -2.14. The SMILES string of the molecule is Cc1cc(CNCC(O)C(F)(F)F)on1. The molecule has 0 aliphatic carbocycles. The smallest absolute Gasteiger partial charge is 0.382 e. The van der Waals surface area contributed by atoms with Crippen LogP contribution >= 0.6 is 0 Å². The second-order valence-electron chi connectivity index (χ2n) is 3.12. The number of nitrogens with one attached hydrogen (secondary N) is 1. The van der Waals surface area contributed by atoms with Gasteiger partial charge in [0.2, 0.25) is 0 Å². The number of hydrogen-bond donors (Lipinski definition) is 2. The van der Waals surface area contributed by atoms with Crippen molar-refractivity contribution in [3.8, 4) is 0 Å². The quantitative estimate of drug-likeness (QED) is 0.800. The fraction of sp³-hybridized carbons (Fsp3) is 0.625. The molecule has 15 heavy (non-hydrogen) atoms. The van der Waals surface area contributed by atoms with E-state index in [2.05, 4.69) is 10.5 Å². The molecule has 1 rings (SSSR count). The molecule has 1 unspecified atom stereocenters. The first-order valence-electron chi connectivity index (χ1n) is 4.27. The van der Waals surface area contributed by atoms with Crippen LogP contribution in [0.15, 0.2) is 10.6 Å². The molecule has 0 fully saturated rings. The van der Waals surface area contributed by atoms with Gasteiger partial charge in [0.25, 0.3) is 0 Å². The van der Waals surface area contributed by atoms with E-state index in [0.29, 0.717) is 11.5 Å².